The molecule has 4 heteroatoms. The first-order valence-electron chi connectivity index (χ1n) is 7.35. The second-order valence-electron chi connectivity index (χ2n) is 6.11. The van der Waals surface area contributed by atoms with Crippen LogP contribution in [0.25, 0.3) is 0 Å². The van der Waals surface area contributed by atoms with Crippen molar-refractivity contribution in [3.63, 3.8) is 0 Å². The van der Waals surface area contributed by atoms with E-state index in [2.05, 4.69) is 22.2 Å². The number of hydrogen-bond acceptors (Lipinski definition) is 4. The summed E-state index contributed by atoms with van der Waals surface area (Å²) in [4.78, 5) is 7.11. The fourth-order valence-corrected chi connectivity index (χ4v) is 3.61. The predicted octanol–water partition coefficient (Wildman–Crippen LogP) is 2.40. The maximum absolute atomic E-state index is 6.01. The van der Waals surface area contributed by atoms with E-state index in [9.17, 15) is 0 Å². The SMILES string of the molecule is Cc1ccc(N)c(NC2CC3CCCC(C2)N3C)n1. The molecule has 0 amide bonds. The Labute approximate surface area is 115 Å². The Bertz CT molecular complexity index is 445. The first-order valence-corrected chi connectivity index (χ1v) is 7.35. The maximum atomic E-state index is 6.01. The van der Waals surface area contributed by atoms with Crippen LogP contribution in [0.3, 0.4) is 0 Å². The van der Waals surface area contributed by atoms with Gasteiger partial charge in [-0.15, -0.1) is 0 Å². The van der Waals surface area contributed by atoms with Crippen molar-refractivity contribution in [1.29, 1.82) is 0 Å². The molecule has 2 unspecified atom stereocenters. The molecule has 3 N–H and O–H groups in total. The second-order valence-corrected chi connectivity index (χ2v) is 6.11. The smallest absolute Gasteiger partial charge is 0.149 e. The van der Waals surface area contributed by atoms with E-state index in [0.717, 1.165) is 29.3 Å². The van der Waals surface area contributed by atoms with Crippen molar-refractivity contribution in [1.82, 2.24) is 9.88 Å². The van der Waals surface area contributed by atoms with E-state index in [-0.39, 0.29) is 0 Å². The number of nitrogens with one attached hydrogen (secondary N) is 1. The number of hydrogen-bond donors (Lipinski definition) is 2. The van der Waals surface area contributed by atoms with E-state index in [1.807, 2.05) is 19.1 Å². The molecular formula is C15H24N4. The summed E-state index contributed by atoms with van der Waals surface area (Å²) < 4.78 is 0. The molecule has 0 saturated carbocycles. The maximum Gasteiger partial charge on any atom is 0.149 e. The summed E-state index contributed by atoms with van der Waals surface area (Å²) in [6.45, 7) is 2.01. The summed E-state index contributed by atoms with van der Waals surface area (Å²) in [6, 6.07) is 5.89. The van der Waals surface area contributed by atoms with E-state index < -0.39 is 0 Å². The minimum atomic E-state index is 0.517. The van der Waals surface area contributed by atoms with Crippen LogP contribution < -0.4 is 11.1 Å². The van der Waals surface area contributed by atoms with Gasteiger partial charge in [0.25, 0.3) is 0 Å². The molecule has 2 saturated heterocycles. The molecule has 104 valence electrons. The lowest BCUT2D eigenvalue weighted by Crippen LogP contribution is -2.52. The summed E-state index contributed by atoms with van der Waals surface area (Å²) in [5, 5.41) is 3.58. The largest absolute Gasteiger partial charge is 0.396 e. The number of pyridine rings is 1. The topological polar surface area (TPSA) is 54.2 Å². The minimum absolute atomic E-state index is 0.517. The minimum Gasteiger partial charge on any atom is -0.396 e. The number of rotatable bonds is 2. The van der Waals surface area contributed by atoms with Gasteiger partial charge in [0.15, 0.2) is 0 Å². The van der Waals surface area contributed by atoms with Crippen molar-refractivity contribution >= 4 is 11.5 Å². The molecule has 3 heterocycles. The van der Waals surface area contributed by atoms with Crippen molar-refractivity contribution in [2.24, 2.45) is 0 Å². The summed E-state index contributed by atoms with van der Waals surface area (Å²) in [7, 11) is 2.28. The van der Waals surface area contributed by atoms with Crippen LogP contribution in [0.2, 0.25) is 0 Å². The van der Waals surface area contributed by atoms with Crippen molar-refractivity contribution in [2.75, 3.05) is 18.1 Å². The number of nitrogens with zero attached hydrogens (tertiary/aromatic N) is 2. The summed E-state index contributed by atoms with van der Waals surface area (Å²) in [6.07, 6.45) is 6.48. The van der Waals surface area contributed by atoms with Crippen LogP contribution >= 0.6 is 0 Å². The lowest BCUT2D eigenvalue weighted by molar-refractivity contribution is 0.0608. The zero-order valence-electron chi connectivity index (χ0n) is 11.9. The third-order valence-electron chi connectivity index (χ3n) is 4.75. The van der Waals surface area contributed by atoms with Gasteiger partial charge in [0.1, 0.15) is 5.82 Å². The molecule has 0 radical (unpaired) electrons. The molecule has 3 rings (SSSR count). The Morgan fingerprint density at radius 1 is 1.26 bits per heavy atom. The number of aryl methyl sites for hydroxylation is 1. The van der Waals surface area contributed by atoms with Gasteiger partial charge in [0, 0.05) is 23.8 Å². The number of fused-ring (bicyclic) bond motifs is 2. The number of nitrogens with two attached hydrogens (primary N) is 1. The zero-order chi connectivity index (χ0) is 13.4. The molecule has 4 nitrogen and oxygen atoms in total. The Kier molecular flexibility index (Phi) is 3.35. The quantitative estimate of drug-likeness (QED) is 0.857. The van der Waals surface area contributed by atoms with Gasteiger partial charge in [-0.05, 0) is 51.8 Å². The van der Waals surface area contributed by atoms with Crippen LogP contribution in [0.1, 0.15) is 37.8 Å². The average Bonchev–Trinajstić information content (AvgIpc) is 2.35. The Hall–Kier alpha value is -1.29. The molecule has 2 aliphatic heterocycles. The molecule has 2 aliphatic rings. The third kappa shape index (κ3) is 2.54. The van der Waals surface area contributed by atoms with E-state index in [1.165, 1.54) is 32.1 Å². The predicted molar refractivity (Wildman–Crippen MR) is 79.2 cm³/mol. The molecule has 19 heavy (non-hydrogen) atoms. The van der Waals surface area contributed by atoms with E-state index in [1.54, 1.807) is 0 Å². The van der Waals surface area contributed by atoms with Crippen molar-refractivity contribution < 1.29 is 0 Å². The van der Waals surface area contributed by atoms with Crippen LogP contribution in [-0.2, 0) is 0 Å². The highest BCUT2D eigenvalue weighted by molar-refractivity contribution is 5.61. The molecule has 0 spiro atoms. The van der Waals surface area contributed by atoms with E-state index >= 15 is 0 Å². The van der Waals surface area contributed by atoms with Gasteiger partial charge in [0.2, 0.25) is 0 Å². The molecule has 2 atom stereocenters. The van der Waals surface area contributed by atoms with E-state index in [0.29, 0.717) is 6.04 Å². The Morgan fingerprint density at radius 2 is 1.95 bits per heavy atom. The monoisotopic (exact) mass is 260 g/mol. The lowest BCUT2D eigenvalue weighted by atomic mass is 9.82. The Morgan fingerprint density at radius 3 is 2.63 bits per heavy atom. The van der Waals surface area contributed by atoms with Gasteiger partial charge in [0.05, 0.1) is 5.69 Å². The fraction of sp³-hybridized carbons (Fsp3) is 0.667. The van der Waals surface area contributed by atoms with Crippen LogP contribution in [0.4, 0.5) is 11.5 Å². The van der Waals surface area contributed by atoms with Crippen LogP contribution in [0, 0.1) is 6.92 Å². The van der Waals surface area contributed by atoms with Crippen LogP contribution in [-0.4, -0.2) is 35.1 Å². The van der Waals surface area contributed by atoms with Gasteiger partial charge in [-0.2, -0.15) is 0 Å². The molecule has 1 aromatic heterocycles. The number of aromatic nitrogens is 1. The van der Waals surface area contributed by atoms with Crippen LogP contribution in [0.15, 0.2) is 12.1 Å². The zero-order valence-corrected chi connectivity index (χ0v) is 11.9. The van der Waals surface area contributed by atoms with Crippen molar-refractivity contribution in [3.8, 4) is 0 Å². The molecule has 2 bridgehead atoms. The lowest BCUT2D eigenvalue weighted by Gasteiger charge is -2.47. The summed E-state index contributed by atoms with van der Waals surface area (Å²) in [5.74, 6) is 0.868. The van der Waals surface area contributed by atoms with Gasteiger partial charge in [-0.1, -0.05) is 6.42 Å². The average molecular weight is 260 g/mol. The van der Waals surface area contributed by atoms with Gasteiger partial charge >= 0.3 is 0 Å². The first-order chi connectivity index (χ1) is 9.13. The highest BCUT2D eigenvalue weighted by atomic mass is 15.2. The van der Waals surface area contributed by atoms with Crippen molar-refractivity contribution in [2.45, 2.75) is 57.2 Å². The molecular weight excluding hydrogens is 236 g/mol. The van der Waals surface area contributed by atoms with Gasteiger partial charge in [-0.3, -0.25) is 0 Å². The normalized spacial score (nSPS) is 31.2. The third-order valence-corrected chi connectivity index (χ3v) is 4.75. The second kappa shape index (κ2) is 5.00. The number of nitrogen functional groups attached to an aromatic ring is 1. The molecule has 0 aromatic carbocycles. The highest BCUT2D eigenvalue weighted by Crippen LogP contribution is 2.34. The molecule has 0 aliphatic carbocycles. The van der Waals surface area contributed by atoms with Crippen LogP contribution in [0.5, 0.6) is 0 Å². The van der Waals surface area contributed by atoms with Gasteiger partial charge < -0.3 is 16.0 Å². The highest BCUT2D eigenvalue weighted by Gasteiger charge is 2.36. The van der Waals surface area contributed by atoms with Gasteiger partial charge in [-0.25, -0.2) is 4.98 Å². The number of anilines is 2. The Balaban J connectivity index is 1.72. The van der Waals surface area contributed by atoms with Crippen molar-refractivity contribution in [3.05, 3.63) is 17.8 Å². The molecule has 1 aromatic rings. The fourth-order valence-electron chi connectivity index (χ4n) is 3.61. The standard InChI is InChI=1S/C15H24N4/c1-10-6-7-14(16)15(17-10)18-11-8-12-4-3-5-13(9-11)19(12)2/h6-7,11-13H,3-5,8-9,16H2,1-2H3,(H,17,18). The molecule has 2 fully saturated rings. The summed E-state index contributed by atoms with van der Waals surface area (Å²) in [5.41, 5.74) is 7.79. The number of piperidine rings is 2. The first kappa shape index (κ1) is 12.7. The van der Waals surface area contributed by atoms with E-state index in [4.69, 9.17) is 5.73 Å². The summed E-state index contributed by atoms with van der Waals surface area (Å²) >= 11 is 0.